The number of carbonyl (C=O) groups is 1. The number of amides is 2. The first-order valence-corrected chi connectivity index (χ1v) is 7.05. The van der Waals surface area contributed by atoms with Crippen LogP contribution >= 0.6 is 0 Å². The zero-order valence-corrected chi connectivity index (χ0v) is 12.7. The van der Waals surface area contributed by atoms with Crippen molar-refractivity contribution in [3.63, 3.8) is 0 Å². The van der Waals surface area contributed by atoms with Gasteiger partial charge in [0.15, 0.2) is 0 Å². The van der Waals surface area contributed by atoms with Crippen molar-refractivity contribution in [2.75, 3.05) is 27.2 Å². The Morgan fingerprint density at radius 2 is 2.10 bits per heavy atom. The molecule has 112 valence electrons. The van der Waals surface area contributed by atoms with Gasteiger partial charge in [-0.3, -0.25) is 0 Å². The van der Waals surface area contributed by atoms with Crippen LogP contribution in [0.2, 0.25) is 0 Å². The summed E-state index contributed by atoms with van der Waals surface area (Å²) in [6.45, 7) is 3.71. The number of urea groups is 1. The third-order valence-corrected chi connectivity index (χ3v) is 3.77. The molecular weight excluding hydrogens is 256 g/mol. The van der Waals surface area contributed by atoms with Crippen LogP contribution in [-0.2, 0) is 7.05 Å². The number of piperidine rings is 1. The quantitative estimate of drug-likeness (QED) is 0.881. The minimum atomic E-state index is 0.102. The number of likely N-dealkylation sites (tertiary alicyclic amines) is 1. The summed E-state index contributed by atoms with van der Waals surface area (Å²) in [4.78, 5) is 15.4. The van der Waals surface area contributed by atoms with Gasteiger partial charge >= 0.3 is 6.03 Å². The highest BCUT2D eigenvalue weighted by Gasteiger charge is 2.25. The average Bonchev–Trinajstić information content (AvgIpc) is 2.85. The van der Waals surface area contributed by atoms with Gasteiger partial charge in [-0.05, 0) is 19.8 Å². The molecule has 0 bridgehead atoms. The van der Waals surface area contributed by atoms with Gasteiger partial charge in [0.2, 0.25) is 0 Å². The fraction of sp³-hybridized carbons (Fsp3) is 0.769. The molecule has 1 unspecified atom stereocenters. The van der Waals surface area contributed by atoms with Gasteiger partial charge < -0.3 is 19.7 Å². The summed E-state index contributed by atoms with van der Waals surface area (Å²) in [5.74, 6) is 0.941. The van der Waals surface area contributed by atoms with Crippen molar-refractivity contribution in [1.82, 2.24) is 29.9 Å². The molecule has 1 aliphatic heterocycles. The van der Waals surface area contributed by atoms with Gasteiger partial charge in [-0.2, -0.15) is 0 Å². The van der Waals surface area contributed by atoms with E-state index in [9.17, 15) is 4.79 Å². The van der Waals surface area contributed by atoms with Crippen LogP contribution in [0.25, 0.3) is 0 Å². The molecule has 2 rings (SSSR count). The number of nitrogens with zero attached hydrogens (tertiary/aromatic N) is 5. The number of carbonyl (C=O) groups excluding carboxylic acids is 1. The highest BCUT2D eigenvalue weighted by atomic mass is 16.2. The van der Waals surface area contributed by atoms with Crippen LogP contribution in [0.3, 0.4) is 0 Å². The summed E-state index contributed by atoms with van der Waals surface area (Å²) < 4.78 is 1.93. The van der Waals surface area contributed by atoms with Gasteiger partial charge in [0.25, 0.3) is 0 Å². The molecule has 7 heteroatoms. The van der Waals surface area contributed by atoms with E-state index < -0.39 is 0 Å². The highest BCUT2D eigenvalue weighted by Crippen LogP contribution is 2.16. The molecule has 1 N–H and O–H groups in total. The van der Waals surface area contributed by atoms with Crippen molar-refractivity contribution in [3.05, 3.63) is 12.2 Å². The Morgan fingerprint density at radius 3 is 2.60 bits per heavy atom. The molecular formula is C13H24N6O. The average molecular weight is 280 g/mol. The van der Waals surface area contributed by atoms with Crippen molar-refractivity contribution >= 4 is 6.03 Å². The van der Waals surface area contributed by atoms with Crippen LogP contribution < -0.4 is 5.32 Å². The SMILES string of the molecule is CC(NC1CCN(C(=O)N(C)C)CC1)c1nncn1C. The minimum absolute atomic E-state index is 0.102. The number of nitrogens with one attached hydrogen (secondary N) is 1. The van der Waals surface area contributed by atoms with Crippen molar-refractivity contribution in [1.29, 1.82) is 0 Å². The number of rotatable bonds is 3. The van der Waals surface area contributed by atoms with Gasteiger partial charge in [0.1, 0.15) is 12.2 Å². The fourth-order valence-corrected chi connectivity index (χ4v) is 2.63. The van der Waals surface area contributed by atoms with E-state index in [2.05, 4.69) is 22.4 Å². The number of aryl methyl sites for hydroxylation is 1. The van der Waals surface area contributed by atoms with Crippen molar-refractivity contribution in [3.8, 4) is 0 Å². The Kier molecular flexibility index (Phi) is 4.59. The summed E-state index contributed by atoms with van der Waals surface area (Å²) in [5.41, 5.74) is 0. The minimum Gasteiger partial charge on any atom is -0.331 e. The topological polar surface area (TPSA) is 66.3 Å². The Labute approximate surface area is 119 Å². The molecule has 2 amide bonds. The van der Waals surface area contributed by atoms with Gasteiger partial charge in [-0.15, -0.1) is 10.2 Å². The van der Waals surface area contributed by atoms with Crippen molar-refractivity contribution < 1.29 is 4.79 Å². The molecule has 1 aromatic rings. The second-order valence-corrected chi connectivity index (χ2v) is 5.63. The third kappa shape index (κ3) is 3.27. The highest BCUT2D eigenvalue weighted by molar-refractivity contribution is 5.73. The zero-order valence-electron chi connectivity index (χ0n) is 12.7. The lowest BCUT2D eigenvalue weighted by Gasteiger charge is -2.35. The lowest BCUT2D eigenvalue weighted by Crippen LogP contribution is -2.48. The third-order valence-electron chi connectivity index (χ3n) is 3.77. The van der Waals surface area contributed by atoms with E-state index in [-0.39, 0.29) is 12.1 Å². The van der Waals surface area contributed by atoms with E-state index in [0.717, 1.165) is 31.8 Å². The first-order valence-electron chi connectivity index (χ1n) is 7.05. The van der Waals surface area contributed by atoms with E-state index in [1.807, 2.05) is 16.5 Å². The summed E-state index contributed by atoms with van der Waals surface area (Å²) in [7, 11) is 5.54. The first kappa shape index (κ1) is 14.8. The number of hydrogen-bond acceptors (Lipinski definition) is 4. The zero-order chi connectivity index (χ0) is 14.7. The second kappa shape index (κ2) is 6.21. The summed E-state index contributed by atoms with van der Waals surface area (Å²) >= 11 is 0. The maximum atomic E-state index is 11.9. The number of aromatic nitrogens is 3. The van der Waals surface area contributed by atoms with E-state index in [0.29, 0.717) is 6.04 Å². The molecule has 1 aliphatic rings. The Balaban J connectivity index is 1.83. The monoisotopic (exact) mass is 280 g/mol. The molecule has 0 aliphatic carbocycles. The molecule has 1 saturated heterocycles. The van der Waals surface area contributed by atoms with Crippen LogP contribution in [0.15, 0.2) is 6.33 Å². The van der Waals surface area contributed by atoms with Crippen LogP contribution in [0, 0.1) is 0 Å². The van der Waals surface area contributed by atoms with Crippen LogP contribution in [0.4, 0.5) is 4.79 Å². The Bertz CT molecular complexity index is 449. The summed E-state index contributed by atoms with van der Waals surface area (Å²) in [6, 6.07) is 0.696. The van der Waals surface area contributed by atoms with E-state index in [1.165, 1.54) is 0 Å². The van der Waals surface area contributed by atoms with E-state index in [4.69, 9.17) is 0 Å². The Hall–Kier alpha value is -1.63. The molecule has 1 atom stereocenters. The molecule has 20 heavy (non-hydrogen) atoms. The molecule has 7 nitrogen and oxygen atoms in total. The second-order valence-electron chi connectivity index (χ2n) is 5.63. The molecule has 0 saturated carbocycles. The molecule has 2 heterocycles. The summed E-state index contributed by atoms with van der Waals surface area (Å²) in [5, 5.41) is 11.6. The van der Waals surface area contributed by atoms with Crippen LogP contribution in [-0.4, -0.2) is 63.8 Å². The fourth-order valence-electron chi connectivity index (χ4n) is 2.63. The maximum absolute atomic E-state index is 11.9. The van der Waals surface area contributed by atoms with Gasteiger partial charge in [0, 0.05) is 40.3 Å². The standard InChI is InChI=1S/C13H24N6O/c1-10(12-16-14-9-18(12)4)15-11-5-7-19(8-6-11)13(20)17(2)3/h9-11,15H,5-8H2,1-4H3. The molecule has 0 aromatic carbocycles. The lowest BCUT2D eigenvalue weighted by atomic mass is 10.0. The maximum Gasteiger partial charge on any atom is 0.319 e. The number of hydrogen-bond donors (Lipinski definition) is 1. The smallest absolute Gasteiger partial charge is 0.319 e. The predicted octanol–water partition coefficient (Wildman–Crippen LogP) is 0.612. The van der Waals surface area contributed by atoms with Crippen LogP contribution in [0.5, 0.6) is 0 Å². The molecule has 1 aromatic heterocycles. The largest absolute Gasteiger partial charge is 0.331 e. The van der Waals surface area contributed by atoms with Gasteiger partial charge in [-0.25, -0.2) is 4.79 Å². The molecule has 1 fully saturated rings. The van der Waals surface area contributed by atoms with Gasteiger partial charge in [0.05, 0.1) is 6.04 Å². The molecule has 0 spiro atoms. The molecule has 0 radical (unpaired) electrons. The lowest BCUT2D eigenvalue weighted by molar-refractivity contribution is 0.150. The Morgan fingerprint density at radius 1 is 1.45 bits per heavy atom. The van der Waals surface area contributed by atoms with Crippen LogP contribution in [0.1, 0.15) is 31.6 Å². The first-order chi connectivity index (χ1) is 9.49. The van der Waals surface area contributed by atoms with Crippen molar-refractivity contribution in [2.45, 2.75) is 31.8 Å². The van der Waals surface area contributed by atoms with E-state index in [1.54, 1.807) is 25.3 Å². The predicted molar refractivity (Wildman–Crippen MR) is 76.2 cm³/mol. The summed E-state index contributed by atoms with van der Waals surface area (Å²) in [6.07, 6.45) is 3.66. The van der Waals surface area contributed by atoms with Crippen molar-refractivity contribution in [2.24, 2.45) is 7.05 Å². The normalized spacial score (nSPS) is 18.1. The van der Waals surface area contributed by atoms with E-state index >= 15 is 0 Å². The van der Waals surface area contributed by atoms with Gasteiger partial charge in [-0.1, -0.05) is 0 Å².